The number of fused-ring (bicyclic) bond motifs is 2. The summed E-state index contributed by atoms with van der Waals surface area (Å²) < 4.78 is 45.3. The molecule has 9 rings (SSSR count). The Labute approximate surface area is 368 Å². The van der Waals surface area contributed by atoms with Crippen molar-refractivity contribution in [2.45, 2.75) is 95.6 Å². The van der Waals surface area contributed by atoms with Gasteiger partial charge in [-0.05, 0) is 144 Å². The van der Waals surface area contributed by atoms with Crippen LogP contribution in [0.15, 0.2) is 53.6 Å². The highest BCUT2D eigenvalue weighted by atomic mass is 32.2. The van der Waals surface area contributed by atoms with E-state index >= 15 is 8.78 Å². The average Bonchev–Trinajstić information content (AvgIpc) is 3.60. The number of carbonyl (C=O) groups excluding carboxylic acids is 2. The lowest BCUT2D eigenvalue weighted by atomic mass is 9.66. The van der Waals surface area contributed by atoms with Gasteiger partial charge in [-0.1, -0.05) is 6.92 Å². The molecule has 1 spiro atoms. The number of aromatic nitrogens is 4. The van der Waals surface area contributed by atoms with Gasteiger partial charge in [0.15, 0.2) is 17.4 Å². The van der Waals surface area contributed by atoms with Gasteiger partial charge in [0.05, 0.1) is 28.4 Å². The van der Waals surface area contributed by atoms with E-state index in [4.69, 9.17) is 4.74 Å². The molecule has 3 amide bonds. The zero-order chi connectivity index (χ0) is 44.0. The van der Waals surface area contributed by atoms with Crippen molar-refractivity contribution in [3.8, 4) is 17.6 Å². The van der Waals surface area contributed by atoms with Crippen LogP contribution in [-0.4, -0.2) is 79.7 Å². The van der Waals surface area contributed by atoms with Crippen molar-refractivity contribution in [1.82, 2.24) is 33.9 Å². The van der Waals surface area contributed by atoms with Crippen molar-refractivity contribution in [2.75, 3.05) is 42.8 Å². The minimum Gasteiger partial charge on any atom is -0.453 e. The largest absolute Gasteiger partial charge is 0.453 e. The van der Waals surface area contributed by atoms with Crippen LogP contribution >= 0.6 is 12.1 Å². The van der Waals surface area contributed by atoms with Crippen LogP contribution in [-0.2, 0) is 11.8 Å². The van der Waals surface area contributed by atoms with E-state index in [1.807, 2.05) is 24.3 Å². The van der Waals surface area contributed by atoms with Gasteiger partial charge >= 0.3 is 6.03 Å². The Kier molecular flexibility index (Phi) is 11.9. The summed E-state index contributed by atoms with van der Waals surface area (Å²) in [6.45, 7) is 5.03. The highest BCUT2D eigenvalue weighted by Crippen LogP contribution is 2.49. The number of likely N-dealkylation sites (tertiary alicyclic amines) is 1. The molecule has 63 heavy (non-hydrogen) atoms. The predicted octanol–water partition coefficient (Wildman–Crippen LogP) is 8.52. The first kappa shape index (κ1) is 42.7. The Morgan fingerprint density at radius 3 is 2.43 bits per heavy atom. The maximum absolute atomic E-state index is 15.8. The van der Waals surface area contributed by atoms with Crippen molar-refractivity contribution in [1.29, 1.82) is 5.26 Å². The molecule has 4 heterocycles. The minimum absolute atomic E-state index is 0.0227. The average molecular weight is 879 g/mol. The van der Waals surface area contributed by atoms with Gasteiger partial charge in [0, 0.05) is 56.2 Å². The number of hydrogen-bond donors (Lipinski definition) is 2. The second-order valence-electron chi connectivity index (χ2n) is 17.7. The Morgan fingerprint density at radius 2 is 1.71 bits per heavy atom. The summed E-state index contributed by atoms with van der Waals surface area (Å²) >= 11 is 1.29. The third kappa shape index (κ3) is 8.36. The molecule has 2 saturated heterocycles. The Bertz CT molecular complexity index is 2670. The molecule has 2 aliphatic heterocycles. The Hall–Kier alpha value is -5.57. The number of urea groups is 1. The van der Waals surface area contributed by atoms with Gasteiger partial charge in [0.1, 0.15) is 23.2 Å². The lowest BCUT2D eigenvalue weighted by molar-refractivity contribution is -0.120. The molecule has 4 fully saturated rings. The molecule has 0 radical (unpaired) electrons. The predicted molar refractivity (Wildman–Crippen MR) is 239 cm³/mol. The molecule has 0 bridgehead atoms. The van der Waals surface area contributed by atoms with Crippen molar-refractivity contribution in [3.05, 3.63) is 81.9 Å². The number of rotatable bonds is 10. The number of nitrogens with zero attached hydrogens (tertiary/aromatic N) is 8. The van der Waals surface area contributed by atoms with Crippen LogP contribution in [0.25, 0.3) is 21.8 Å². The quantitative estimate of drug-likeness (QED) is 0.130. The lowest BCUT2D eigenvalue weighted by Gasteiger charge is -2.48. The molecule has 2 aliphatic carbocycles. The van der Waals surface area contributed by atoms with Crippen LogP contribution in [0.5, 0.6) is 11.5 Å². The maximum atomic E-state index is 15.8. The van der Waals surface area contributed by atoms with Gasteiger partial charge in [0.25, 0.3) is 5.56 Å². The van der Waals surface area contributed by atoms with E-state index in [2.05, 4.69) is 31.1 Å². The molecule has 17 heteroatoms. The van der Waals surface area contributed by atoms with Gasteiger partial charge < -0.3 is 14.4 Å². The number of aryl methyl sites for hydroxylation is 1. The molecule has 2 aromatic heterocycles. The second kappa shape index (κ2) is 17.5. The van der Waals surface area contributed by atoms with Crippen LogP contribution in [0.1, 0.15) is 101 Å². The summed E-state index contributed by atoms with van der Waals surface area (Å²) in [6.07, 6.45) is 11.7. The molecule has 2 N–H and O–H groups in total. The number of carbonyl (C=O) groups is 2. The fourth-order valence-corrected chi connectivity index (χ4v) is 10.8. The minimum atomic E-state index is -0.680. The Morgan fingerprint density at radius 1 is 0.952 bits per heavy atom. The van der Waals surface area contributed by atoms with Crippen LogP contribution in [0.4, 0.5) is 25.1 Å². The third-order valence-electron chi connectivity index (χ3n) is 14.1. The highest BCUT2D eigenvalue weighted by Gasteiger charge is 2.41. The number of nitriles is 1. The molecule has 3 aromatic carbocycles. The van der Waals surface area contributed by atoms with E-state index in [0.717, 1.165) is 89.4 Å². The first-order valence-corrected chi connectivity index (χ1v) is 22.8. The summed E-state index contributed by atoms with van der Waals surface area (Å²) in [5.74, 6) is -0.785. The van der Waals surface area contributed by atoms with E-state index in [-0.39, 0.29) is 64.7 Å². The molecule has 2 saturated carbocycles. The first-order chi connectivity index (χ1) is 30.4. The van der Waals surface area contributed by atoms with E-state index in [1.165, 1.54) is 35.2 Å². The topological polar surface area (TPSA) is 154 Å². The van der Waals surface area contributed by atoms with Crippen LogP contribution in [0, 0.1) is 28.4 Å². The maximum Gasteiger partial charge on any atom is 0.329 e. The van der Waals surface area contributed by atoms with Gasteiger partial charge in [-0.15, -0.1) is 0 Å². The van der Waals surface area contributed by atoms with Gasteiger partial charge in [-0.2, -0.15) is 10.4 Å². The zero-order valence-electron chi connectivity index (χ0n) is 35.8. The summed E-state index contributed by atoms with van der Waals surface area (Å²) in [7, 11) is 3.69. The molecular weight excluding hydrogens is 827 g/mol. The molecule has 0 unspecified atom stereocenters. The van der Waals surface area contributed by atoms with E-state index < -0.39 is 11.8 Å². The number of amides is 3. The van der Waals surface area contributed by atoms with Gasteiger partial charge in [-0.3, -0.25) is 29.1 Å². The van der Waals surface area contributed by atoms with Gasteiger partial charge in [-0.25, -0.2) is 22.9 Å². The molecule has 0 atom stereocenters. The smallest absolute Gasteiger partial charge is 0.329 e. The number of benzene rings is 3. The van der Waals surface area contributed by atoms with Crippen molar-refractivity contribution in [3.63, 3.8) is 0 Å². The molecule has 330 valence electrons. The van der Waals surface area contributed by atoms with Crippen molar-refractivity contribution in [2.24, 2.45) is 12.5 Å². The van der Waals surface area contributed by atoms with Gasteiger partial charge in [0.2, 0.25) is 5.91 Å². The molecule has 5 aromatic rings. The van der Waals surface area contributed by atoms with Crippen LogP contribution in [0.3, 0.4) is 0 Å². The van der Waals surface area contributed by atoms with Crippen LogP contribution in [0.2, 0.25) is 0 Å². The first-order valence-electron chi connectivity index (χ1n) is 22.0. The van der Waals surface area contributed by atoms with E-state index in [9.17, 15) is 19.6 Å². The number of halogens is 2. The van der Waals surface area contributed by atoms with Crippen molar-refractivity contribution < 1.29 is 23.1 Å². The number of anilines is 2. The normalized spacial score (nSPS) is 21.0. The lowest BCUT2D eigenvalue weighted by Crippen LogP contribution is -2.49. The van der Waals surface area contributed by atoms with Crippen LogP contribution < -0.4 is 25.2 Å². The number of hydrogen-bond acceptors (Lipinski definition) is 11. The number of piperidine rings is 1. The molecule has 4 aliphatic rings. The number of ether oxygens (including phenoxy) is 1. The standard InChI is InChI=1S/C46H52F2N10O4S/c1-4-54(2)63-53-39-12-10-36(47)42(35(39)26-49)62-31-9-11-38-33(23-31)44(60)58(27-50-38)30-13-16-46(17-14-30)18-21-56(22-19-46)29-7-5-28(6-8-29)32-25-40-34(24-37(32)48)43(52-55(40)3)57-20-15-41(59)51-45(57)61/h9-12,23-25,27-30,53H,4-8,13-22H2,1-3H3,(H,51,59,61). The SMILES string of the molecule is CCN(C)SNc1ccc(F)c(Oc2ccc3ncn(C4CCC5(CC4)CCN(C4CCC(c6cc7c(cc6F)c(N6CCC(=O)NC6=O)nn7C)CC4)CC5)c(=O)c3c2)c1C#N. The fraction of sp³-hybridized carbons (Fsp3) is 0.478. The van der Waals surface area contributed by atoms with Crippen molar-refractivity contribution >= 4 is 57.4 Å². The number of nitrogens with one attached hydrogen (secondary N) is 2. The molecular formula is C46H52F2N10O4S. The summed E-state index contributed by atoms with van der Waals surface area (Å²) in [6, 6.07) is 13.1. The second-order valence-corrected chi connectivity index (χ2v) is 18.7. The highest BCUT2D eigenvalue weighted by molar-refractivity contribution is 7.98. The summed E-state index contributed by atoms with van der Waals surface area (Å²) in [5, 5.41) is 17.8. The summed E-state index contributed by atoms with van der Waals surface area (Å²) in [5.41, 5.74) is 2.52. The number of imide groups is 1. The molecule has 14 nitrogen and oxygen atoms in total. The zero-order valence-corrected chi connectivity index (χ0v) is 36.6. The Balaban J connectivity index is 0.803. The fourth-order valence-electron chi connectivity index (χ4n) is 10.3. The monoisotopic (exact) mass is 878 g/mol. The third-order valence-corrected chi connectivity index (χ3v) is 15.0. The van der Waals surface area contributed by atoms with E-state index in [1.54, 1.807) is 40.8 Å². The summed E-state index contributed by atoms with van der Waals surface area (Å²) in [4.78, 5) is 46.9. The van der Waals surface area contributed by atoms with E-state index in [0.29, 0.717) is 39.4 Å².